The molecule has 1 amide bonds. The molecule has 24 heavy (non-hydrogen) atoms. The van der Waals surface area contributed by atoms with E-state index in [0.29, 0.717) is 18.7 Å². The van der Waals surface area contributed by atoms with Crippen LogP contribution in [0.25, 0.3) is 0 Å². The largest absolute Gasteiger partial charge is 0.352 e. The molecule has 1 saturated carbocycles. The molecule has 1 aliphatic heterocycles. The quantitative estimate of drug-likeness (QED) is 0.908. The third-order valence-electron chi connectivity index (χ3n) is 5.00. The third kappa shape index (κ3) is 3.87. The zero-order valence-electron chi connectivity index (χ0n) is 14.4. The lowest BCUT2D eigenvalue weighted by molar-refractivity contribution is -0.191. The average Bonchev–Trinajstić information content (AvgIpc) is 2.96. The lowest BCUT2D eigenvalue weighted by Crippen LogP contribution is -2.39. The number of aromatic nitrogens is 1. The van der Waals surface area contributed by atoms with Crippen molar-refractivity contribution in [2.75, 3.05) is 13.2 Å². The van der Waals surface area contributed by atoms with Crippen LogP contribution < -0.4 is 10.9 Å². The van der Waals surface area contributed by atoms with Crippen LogP contribution in [0.5, 0.6) is 0 Å². The molecule has 1 N–H and O–H groups in total. The molecule has 2 aliphatic rings. The summed E-state index contributed by atoms with van der Waals surface area (Å²) in [5.41, 5.74) is 0.495. The van der Waals surface area contributed by atoms with Gasteiger partial charge >= 0.3 is 0 Å². The van der Waals surface area contributed by atoms with Crippen molar-refractivity contribution in [1.82, 2.24) is 9.88 Å². The van der Waals surface area contributed by atoms with Crippen LogP contribution in [-0.4, -0.2) is 35.5 Å². The van der Waals surface area contributed by atoms with E-state index in [4.69, 9.17) is 9.47 Å². The molecule has 2 heterocycles. The molecule has 1 saturated heterocycles. The Kier molecular flexibility index (Phi) is 5.06. The molecule has 1 unspecified atom stereocenters. The molecule has 3 rings (SSSR count). The molecular formula is C18H26N2O4. The number of rotatable bonds is 4. The van der Waals surface area contributed by atoms with E-state index in [1.54, 1.807) is 25.3 Å². The number of aryl methyl sites for hydroxylation is 1. The number of carbonyl (C=O) groups excluding carboxylic acids is 1. The first-order valence-corrected chi connectivity index (χ1v) is 8.72. The van der Waals surface area contributed by atoms with Crippen LogP contribution in [0, 0.1) is 12.8 Å². The topological polar surface area (TPSA) is 69.6 Å². The SMILES string of the molecule is Cc1cccn(CC(=O)NCC2COC3(CCC(C)CC3)O2)c1=O. The molecule has 1 spiro atoms. The summed E-state index contributed by atoms with van der Waals surface area (Å²) in [4.78, 5) is 24.0. The average molecular weight is 334 g/mol. The lowest BCUT2D eigenvalue weighted by Gasteiger charge is -2.34. The summed E-state index contributed by atoms with van der Waals surface area (Å²) in [5.74, 6) is 0.105. The monoisotopic (exact) mass is 334 g/mol. The van der Waals surface area contributed by atoms with E-state index in [0.717, 1.165) is 31.6 Å². The summed E-state index contributed by atoms with van der Waals surface area (Å²) in [6.45, 7) is 4.95. The molecule has 6 heteroatoms. The van der Waals surface area contributed by atoms with Gasteiger partial charge in [-0.3, -0.25) is 9.59 Å². The molecular weight excluding hydrogens is 308 g/mol. The number of hydrogen-bond donors (Lipinski definition) is 1. The van der Waals surface area contributed by atoms with Gasteiger partial charge in [-0.05, 0) is 31.7 Å². The predicted octanol–water partition coefficient (Wildman–Crippen LogP) is 1.59. The Bertz CT molecular complexity index is 647. The molecule has 132 valence electrons. The van der Waals surface area contributed by atoms with E-state index in [2.05, 4.69) is 12.2 Å². The fourth-order valence-electron chi connectivity index (χ4n) is 3.40. The highest BCUT2D eigenvalue weighted by atomic mass is 16.7. The first-order chi connectivity index (χ1) is 11.5. The van der Waals surface area contributed by atoms with Crippen LogP contribution in [-0.2, 0) is 20.8 Å². The summed E-state index contributed by atoms with van der Waals surface area (Å²) >= 11 is 0. The van der Waals surface area contributed by atoms with Crippen molar-refractivity contribution < 1.29 is 14.3 Å². The first kappa shape index (κ1) is 17.2. The Morgan fingerprint density at radius 3 is 2.92 bits per heavy atom. The molecule has 1 aromatic rings. The van der Waals surface area contributed by atoms with Gasteiger partial charge in [-0.1, -0.05) is 13.0 Å². The Morgan fingerprint density at radius 1 is 1.42 bits per heavy atom. The van der Waals surface area contributed by atoms with Crippen LogP contribution in [0.4, 0.5) is 0 Å². The van der Waals surface area contributed by atoms with E-state index in [1.165, 1.54) is 4.57 Å². The molecule has 0 radical (unpaired) electrons. The molecule has 1 aromatic heterocycles. The van der Waals surface area contributed by atoms with Crippen LogP contribution in [0.15, 0.2) is 23.1 Å². The van der Waals surface area contributed by atoms with Crippen molar-refractivity contribution in [3.05, 3.63) is 34.2 Å². The summed E-state index contributed by atoms with van der Waals surface area (Å²) in [6, 6.07) is 3.51. The van der Waals surface area contributed by atoms with E-state index in [-0.39, 0.29) is 24.1 Å². The van der Waals surface area contributed by atoms with Gasteiger partial charge in [0.1, 0.15) is 12.6 Å². The van der Waals surface area contributed by atoms with Crippen LogP contribution in [0.3, 0.4) is 0 Å². The van der Waals surface area contributed by atoms with Crippen LogP contribution in [0.2, 0.25) is 0 Å². The highest BCUT2D eigenvalue weighted by Gasteiger charge is 2.43. The van der Waals surface area contributed by atoms with E-state index < -0.39 is 5.79 Å². The smallest absolute Gasteiger partial charge is 0.253 e. The van der Waals surface area contributed by atoms with Crippen LogP contribution in [0.1, 0.15) is 38.2 Å². The summed E-state index contributed by atoms with van der Waals surface area (Å²) in [6.07, 6.45) is 5.61. The number of pyridine rings is 1. The van der Waals surface area contributed by atoms with Crippen molar-refractivity contribution in [2.24, 2.45) is 5.92 Å². The highest BCUT2D eigenvalue weighted by molar-refractivity contribution is 5.75. The summed E-state index contributed by atoms with van der Waals surface area (Å²) in [5, 5.41) is 2.85. The van der Waals surface area contributed by atoms with E-state index in [9.17, 15) is 9.59 Å². The second kappa shape index (κ2) is 7.07. The van der Waals surface area contributed by atoms with Crippen molar-refractivity contribution in [3.63, 3.8) is 0 Å². The minimum Gasteiger partial charge on any atom is -0.352 e. The fraction of sp³-hybridized carbons (Fsp3) is 0.667. The Morgan fingerprint density at radius 2 is 2.17 bits per heavy atom. The zero-order valence-corrected chi connectivity index (χ0v) is 14.4. The third-order valence-corrected chi connectivity index (χ3v) is 5.00. The van der Waals surface area contributed by atoms with Crippen molar-refractivity contribution in [2.45, 2.75) is 58.0 Å². The molecule has 6 nitrogen and oxygen atoms in total. The number of ether oxygens (including phenoxy) is 2. The second-order valence-corrected chi connectivity index (χ2v) is 7.07. The summed E-state index contributed by atoms with van der Waals surface area (Å²) < 4.78 is 13.4. The van der Waals surface area contributed by atoms with Crippen molar-refractivity contribution in [3.8, 4) is 0 Å². The Labute approximate surface area is 142 Å². The molecule has 2 fully saturated rings. The van der Waals surface area contributed by atoms with Gasteiger partial charge < -0.3 is 19.4 Å². The minimum absolute atomic E-state index is 0.0246. The molecule has 1 atom stereocenters. The maximum absolute atomic E-state index is 12.1. The van der Waals surface area contributed by atoms with Gasteiger partial charge in [-0.15, -0.1) is 0 Å². The van der Waals surface area contributed by atoms with Gasteiger partial charge in [0, 0.05) is 31.1 Å². The van der Waals surface area contributed by atoms with Gasteiger partial charge in [0.15, 0.2) is 5.79 Å². The normalized spacial score (nSPS) is 29.8. The highest BCUT2D eigenvalue weighted by Crippen LogP contribution is 2.39. The van der Waals surface area contributed by atoms with Gasteiger partial charge in [0.05, 0.1) is 6.61 Å². The number of amides is 1. The predicted molar refractivity (Wildman–Crippen MR) is 89.6 cm³/mol. The second-order valence-electron chi connectivity index (χ2n) is 7.07. The Balaban J connectivity index is 1.47. The van der Waals surface area contributed by atoms with E-state index in [1.807, 2.05) is 0 Å². The van der Waals surface area contributed by atoms with Gasteiger partial charge in [-0.25, -0.2) is 0 Å². The van der Waals surface area contributed by atoms with Gasteiger partial charge in [0.2, 0.25) is 5.91 Å². The van der Waals surface area contributed by atoms with Crippen molar-refractivity contribution in [1.29, 1.82) is 0 Å². The first-order valence-electron chi connectivity index (χ1n) is 8.72. The Hall–Kier alpha value is -1.66. The summed E-state index contributed by atoms with van der Waals surface area (Å²) in [7, 11) is 0. The number of nitrogens with one attached hydrogen (secondary N) is 1. The maximum Gasteiger partial charge on any atom is 0.253 e. The fourth-order valence-corrected chi connectivity index (χ4v) is 3.40. The number of hydrogen-bond acceptors (Lipinski definition) is 4. The number of nitrogens with zero attached hydrogens (tertiary/aromatic N) is 1. The van der Waals surface area contributed by atoms with Gasteiger partial charge in [-0.2, -0.15) is 0 Å². The van der Waals surface area contributed by atoms with Crippen LogP contribution >= 0.6 is 0 Å². The molecule has 0 bridgehead atoms. The maximum atomic E-state index is 12.1. The number of carbonyl (C=O) groups is 1. The van der Waals surface area contributed by atoms with Crippen molar-refractivity contribution >= 4 is 5.91 Å². The van der Waals surface area contributed by atoms with E-state index >= 15 is 0 Å². The standard InChI is InChI=1S/C18H26N2O4/c1-13-5-7-18(8-6-13)23-12-15(24-18)10-19-16(21)11-20-9-3-4-14(2)17(20)22/h3-4,9,13,15H,5-8,10-12H2,1-2H3,(H,19,21). The minimum atomic E-state index is -0.435. The lowest BCUT2D eigenvalue weighted by atomic mass is 9.86. The zero-order chi connectivity index (χ0) is 17.2. The van der Waals surface area contributed by atoms with Gasteiger partial charge in [0.25, 0.3) is 5.56 Å². The molecule has 1 aliphatic carbocycles. The molecule has 0 aromatic carbocycles.